The zero-order chi connectivity index (χ0) is 29.5. The molecule has 2 aliphatic rings. The number of piperidine rings is 1. The number of hydrogen-bond donors (Lipinski definition) is 3. The van der Waals surface area contributed by atoms with Crippen LogP contribution in [0.5, 0.6) is 0 Å². The van der Waals surface area contributed by atoms with Crippen LogP contribution >= 0.6 is 0 Å². The van der Waals surface area contributed by atoms with E-state index in [1.54, 1.807) is 0 Å². The monoisotopic (exact) mass is 562 g/mol. The molecule has 0 aromatic carbocycles. The van der Waals surface area contributed by atoms with Crippen molar-refractivity contribution in [2.45, 2.75) is 71.6 Å². The molecule has 3 N–H and O–H groups in total. The Balaban J connectivity index is 1.31. The Labute approximate surface area is 250 Å². The van der Waals surface area contributed by atoms with Gasteiger partial charge in [-0.2, -0.15) is 5.10 Å². The number of allylic oxidation sites excluding steroid dienone is 5. The maximum Gasteiger partial charge on any atom is 0.116 e. The van der Waals surface area contributed by atoms with Crippen LogP contribution in [0.2, 0.25) is 0 Å². The van der Waals surface area contributed by atoms with Crippen LogP contribution in [0.15, 0.2) is 61.6 Å². The first-order valence-electron chi connectivity index (χ1n) is 15.5. The molecule has 0 spiro atoms. The standard InChI is InChI=1S/C36H46N6/c1-6-13-35(42-18-11-8-12-19-42)32-22-34(39-28(32)5)36-27(4)33(40-41-36)17-16-25(2)30-21-31(24-37-23-30)38-26(3)20-29-14-9-7-10-15-29/h6,13,16-17,21-24,29,38-40H,1,3-4,7-12,14-15,18-20H2,2,5H3/b25-16+,33-17+,35-13+. The van der Waals surface area contributed by atoms with E-state index in [2.05, 4.69) is 88.3 Å². The van der Waals surface area contributed by atoms with Gasteiger partial charge in [0.15, 0.2) is 0 Å². The summed E-state index contributed by atoms with van der Waals surface area (Å²) < 4.78 is 0. The predicted molar refractivity (Wildman–Crippen MR) is 178 cm³/mol. The summed E-state index contributed by atoms with van der Waals surface area (Å²) in [6.45, 7) is 19.0. The molecule has 0 atom stereocenters. The minimum atomic E-state index is 0.754. The second-order valence-electron chi connectivity index (χ2n) is 11.9. The number of anilines is 1. The van der Waals surface area contributed by atoms with Crippen molar-refractivity contribution in [2.75, 3.05) is 18.4 Å². The molecule has 0 radical (unpaired) electrons. The number of aromatic nitrogens is 4. The van der Waals surface area contributed by atoms with Gasteiger partial charge in [0.2, 0.25) is 0 Å². The predicted octanol–water partition coefficient (Wildman–Crippen LogP) is 7.31. The number of rotatable bonds is 10. The third kappa shape index (κ3) is 7.04. The number of nitrogens with zero attached hydrogens (tertiary/aromatic N) is 3. The number of hydrogen-bond acceptors (Lipinski definition) is 4. The molecule has 4 heterocycles. The van der Waals surface area contributed by atoms with Crippen LogP contribution in [0, 0.1) is 12.8 Å². The molecule has 3 aromatic heterocycles. The number of pyridine rings is 1. The van der Waals surface area contributed by atoms with Gasteiger partial charge in [0.1, 0.15) is 5.69 Å². The third-order valence-electron chi connectivity index (χ3n) is 8.69. The van der Waals surface area contributed by atoms with Crippen molar-refractivity contribution in [3.05, 3.63) is 89.0 Å². The van der Waals surface area contributed by atoms with Gasteiger partial charge in [-0.15, -0.1) is 0 Å². The average Bonchev–Trinajstić information content (AvgIpc) is 3.57. The average molecular weight is 563 g/mol. The number of likely N-dealkylation sites (tertiary alicyclic amines) is 1. The summed E-state index contributed by atoms with van der Waals surface area (Å²) in [7, 11) is 0. The molecule has 5 rings (SSSR count). The first-order valence-corrected chi connectivity index (χ1v) is 15.5. The normalized spacial score (nSPS) is 17.5. The molecule has 0 unspecified atom stereocenters. The summed E-state index contributed by atoms with van der Waals surface area (Å²) >= 11 is 0. The summed E-state index contributed by atoms with van der Waals surface area (Å²) in [5, 5.41) is 13.1. The van der Waals surface area contributed by atoms with E-state index in [4.69, 9.17) is 0 Å². The maximum atomic E-state index is 4.64. The SMILES string of the molecule is C=C/C=C(\c1cc(-c2n[nH]/c(=C/C=C(\C)c3cncc(NC(=C)CC4CCCCC4)c3)c2=C)[nH]c1C)N1CCCCC1. The van der Waals surface area contributed by atoms with E-state index in [1.807, 2.05) is 24.5 Å². The van der Waals surface area contributed by atoms with Gasteiger partial charge in [0.25, 0.3) is 0 Å². The molecule has 1 aliphatic carbocycles. The number of aryl methyl sites for hydroxylation is 1. The van der Waals surface area contributed by atoms with E-state index in [1.165, 1.54) is 62.6 Å². The molecule has 0 bridgehead atoms. The van der Waals surface area contributed by atoms with Crippen molar-refractivity contribution in [1.29, 1.82) is 0 Å². The summed E-state index contributed by atoms with van der Waals surface area (Å²) in [5.74, 6) is 0.754. The quantitative estimate of drug-likeness (QED) is 0.227. The molecule has 1 saturated heterocycles. The van der Waals surface area contributed by atoms with E-state index in [0.29, 0.717) is 0 Å². The van der Waals surface area contributed by atoms with Gasteiger partial charge in [-0.25, -0.2) is 0 Å². The zero-order valence-corrected chi connectivity index (χ0v) is 25.4. The highest BCUT2D eigenvalue weighted by Crippen LogP contribution is 2.30. The molecule has 0 amide bonds. The fourth-order valence-electron chi connectivity index (χ4n) is 6.33. The Morgan fingerprint density at radius 2 is 1.83 bits per heavy atom. The first-order chi connectivity index (χ1) is 20.4. The number of nitrogens with one attached hydrogen (secondary N) is 3. The van der Waals surface area contributed by atoms with Crippen LogP contribution in [0.3, 0.4) is 0 Å². The van der Waals surface area contributed by atoms with Gasteiger partial charge in [-0.1, -0.05) is 64.0 Å². The Hall–Kier alpha value is -4.06. The smallest absolute Gasteiger partial charge is 0.116 e. The summed E-state index contributed by atoms with van der Waals surface area (Å²) in [4.78, 5) is 10.5. The van der Waals surface area contributed by atoms with Gasteiger partial charge in [0.05, 0.1) is 22.9 Å². The molecular weight excluding hydrogens is 516 g/mol. The van der Waals surface area contributed by atoms with Crippen LogP contribution in [-0.4, -0.2) is 38.2 Å². The topological polar surface area (TPSA) is 72.6 Å². The minimum absolute atomic E-state index is 0.754. The fraction of sp³-hybridized carbons (Fsp3) is 0.389. The number of aromatic amines is 2. The Morgan fingerprint density at radius 1 is 1.07 bits per heavy atom. The van der Waals surface area contributed by atoms with E-state index in [9.17, 15) is 0 Å². The van der Waals surface area contributed by atoms with Gasteiger partial charge in [0, 0.05) is 47.2 Å². The van der Waals surface area contributed by atoms with Crippen molar-refractivity contribution in [1.82, 2.24) is 25.1 Å². The lowest BCUT2D eigenvalue weighted by Crippen LogP contribution is -2.28. The van der Waals surface area contributed by atoms with Gasteiger partial charge < -0.3 is 15.2 Å². The lowest BCUT2D eigenvalue weighted by molar-refractivity contribution is 0.326. The summed E-state index contributed by atoms with van der Waals surface area (Å²) in [6.07, 6.45) is 23.4. The van der Waals surface area contributed by atoms with Gasteiger partial charge in [-0.05, 0) is 80.9 Å². The molecule has 1 aliphatic heterocycles. The lowest BCUT2D eigenvalue weighted by atomic mass is 9.86. The minimum Gasteiger partial charge on any atom is -0.371 e. The van der Waals surface area contributed by atoms with E-state index < -0.39 is 0 Å². The molecule has 3 aromatic rings. The second-order valence-corrected chi connectivity index (χ2v) is 11.9. The molecule has 1 saturated carbocycles. The highest BCUT2D eigenvalue weighted by Gasteiger charge is 2.19. The highest BCUT2D eigenvalue weighted by atomic mass is 15.1. The summed E-state index contributed by atoms with van der Waals surface area (Å²) in [5.41, 5.74) is 9.57. The molecule has 220 valence electrons. The molecule has 6 nitrogen and oxygen atoms in total. The lowest BCUT2D eigenvalue weighted by Gasteiger charge is -2.31. The fourth-order valence-corrected chi connectivity index (χ4v) is 6.33. The Bertz CT molecular complexity index is 1570. The van der Waals surface area contributed by atoms with Gasteiger partial charge >= 0.3 is 0 Å². The summed E-state index contributed by atoms with van der Waals surface area (Å²) in [6, 6.07) is 4.34. The van der Waals surface area contributed by atoms with Crippen molar-refractivity contribution < 1.29 is 0 Å². The van der Waals surface area contributed by atoms with Crippen LogP contribution in [0.1, 0.15) is 81.5 Å². The van der Waals surface area contributed by atoms with Crippen LogP contribution < -0.4 is 15.9 Å². The Morgan fingerprint density at radius 3 is 2.60 bits per heavy atom. The van der Waals surface area contributed by atoms with Gasteiger partial charge in [-0.3, -0.25) is 10.1 Å². The maximum absolute atomic E-state index is 4.64. The third-order valence-corrected chi connectivity index (χ3v) is 8.69. The van der Waals surface area contributed by atoms with Crippen LogP contribution in [-0.2, 0) is 0 Å². The van der Waals surface area contributed by atoms with Crippen molar-refractivity contribution in [3.8, 4) is 11.4 Å². The molecule has 42 heavy (non-hydrogen) atoms. The van der Waals surface area contributed by atoms with E-state index >= 15 is 0 Å². The van der Waals surface area contributed by atoms with Crippen molar-refractivity contribution in [2.24, 2.45) is 5.92 Å². The van der Waals surface area contributed by atoms with Crippen molar-refractivity contribution >= 4 is 29.6 Å². The zero-order valence-electron chi connectivity index (χ0n) is 25.4. The molecule has 2 fully saturated rings. The first kappa shape index (κ1) is 29.4. The van der Waals surface area contributed by atoms with Crippen LogP contribution in [0.4, 0.5) is 5.69 Å². The van der Waals surface area contributed by atoms with Crippen molar-refractivity contribution in [3.63, 3.8) is 0 Å². The Kier molecular flexibility index (Phi) is 9.63. The highest BCUT2D eigenvalue weighted by molar-refractivity contribution is 5.74. The van der Waals surface area contributed by atoms with Crippen LogP contribution in [0.25, 0.3) is 35.3 Å². The van der Waals surface area contributed by atoms with E-state index in [0.717, 1.165) is 75.6 Å². The largest absolute Gasteiger partial charge is 0.371 e. The number of H-pyrrole nitrogens is 2. The second kappa shape index (κ2) is 13.7. The molecular formula is C36H46N6. The molecule has 6 heteroatoms. The van der Waals surface area contributed by atoms with E-state index in [-0.39, 0.29) is 0 Å².